The van der Waals surface area contributed by atoms with Crippen molar-refractivity contribution in [2.45, 2.75) is 19.8 Å². The minimum Gasteiger partial charge on any atom is -0.351 e. The van der Waals surface area contributed by atoms with Gasteiger partial charge in [0.25, 0.3) is 11.5 Å². The molecule has 2 aromatic rings. The molecular formula is C12H13N5O2. The van der Waals surface area contributed by atoms with E-state index in [-0.39, 0.29) is 11.5 Å². The molecule has 0 saturated heterocycles. The Bertz CT molecular complexity index is 700. The van der Waals surface area contributed by atoms with E-state index in [0.717, 1.165) is 18.5 Å². The van der Waals surface area contributed by atoms with E-state index in [9.17, 15) is 9.59 Å². The van der Waals surface area contributed by atoms with Crippen LogP contribution in [0.15, 0.2) is 10.9 Å². The van der Waals surface area contributed by atoms with Crippen LogP contribution < -0.4 is 10.9 Å². The molecular weight excluding hydrogens is 246 g/mol. The maximum absolute atomic E-state index is 11.8. The van der Waals surface area contributed by atoms with Gasteiger partial charge in [-0.25, -0.2) is 9.97 Å². The highest BCUT2D eigenvalue weighted by atomic mass is 16.2. The number of carbonyl (C=O) groups is 1. The molecule has 0 radical (unpaired) electrons. The number of nitrogens with one attached hydrogen (secondary N) is 3. The van der Waals surface area contributed by atoms with E-state index in [1.165, 1.54) is 6.07 Å². The van der Waals surface area contributed by atoms with Crippen LogP contribution in [0.3, 0.4) is 0 Å². The fourth-order valence-electron chi connectivity index (χ4n) is 2.15. The van der Waals surface area contributed by atoms with Crippen molar-refractivity contribution >= 4 is 5.91 Å². The van der Waals surface area contributed by atoms with Gasteiger partial charge in [0.2, 0.25) is 0 Å². The third-order valence-electron chi connectivity index (χ3n) is 2.99. The quantitative estimate of drug-likeness (QED) is 0.677. The van der Waals surface area contributed by atoms with E-state index in [2.05, 4.69) is 25.3 Å². The molecule has 0 unspecified atom stereocenters. The summed E-state index contributed by atoms with van der Waals surface area (Å²) in [6, 6.07) is 1.36. The number of rotatable bonds is 1. The summed E-state index contributed by atoms with van der Waals surface area (Å²) in [6.07, 6.45) is 1.62. The Morgan fingerprint density at radius 1 is 1.21 bits per heavy atom. The molecule has 0 aromatic carbocycles. The fourth-order valence-corrected chi connectivity index (χ4v) is 2.15. The molecule has 1 aliphatic rings. The Hall–Kier alpha value is -2.44. The van der Waals surface area contributed by atoms with Crippen molar-refractivity contribution in [2.24, 2.45) is 0 Å². The maximum atomic E-state index is 11.8. The lowest BCUT2D eigenvalue weighted by molar-refractivity contribution is 0.0951. The van der Waals surface area contributed by atoms with Gasteiger partial charge in [0.15, 0.2) is 5.82 Å². The fraction of sp³-hybridized carbons (Fsp3) is 0.333. The number of imidazole rings is 1. The molecule has 0 saturated carbocycles. The monoisotopic (exact) mass is 259 g/mol. The number of aromatic amines is 2. The van der Waals surface area contributed by atoms with Crippen molar-refractivity contribution in [3.8, 4) is 11.5 Å². The first-order valence-corrected chi connectivity index (χ1v) is 6.09. The van der Waals surface area contributed by atoms with Crippen LogP contribution in [0, 0.1) is 6.92 Å². The largest absolute Gasteiger partial charge is 0.351 e. The van der Waals surface area contributed by atoms with Crippen molar-refractivity contribution in [2.75, 3.05) is 6.54 Å². The molecule has 3 N–H and O–H groups in total. The summed E-state index contributed by atoms with van der Waals surface area (Å²) in [5.74, 6) is 0.784. The Kier molecular flexibility index (Phi) is 2.66. The molecule has 7 nitrogen and oxygen atoms in total. The zero-order valence-electron chi connectivity index (χ0n) is 10.4. The number of aryl methyl sites for hydroxylation is 2. The Labute approximate surface area is 108 Å². The third kappa shape index (κ3) is 2.14. The highest BCUT2D eigenvalue weighted by Crippen LogP contribution is 2.18. The van der Waals surface area contributed by atoms with Crippen LogP contribution in [-0.2, 0) is 6.42 Å². The van der Waals surface area contributed by atoms with Gasteiger partial charge < -0.3 is 15.3 Å². The Morgan fingerprint density at radius 3 is 2.84 bits per heavy atom. The van der Waals surface area contributed by atoms with Crippen LogP contribution in [0.2, 0.25) is 0 Å². The molecule has 3 heterocycles. The Balaban J connectivity index is 2.09. The highest BCUT2D eigenvalue weighted by Gasteiger charge is 2.21. The van der Waals surface area contributed by atoms with E-state index in [4.69, 9.17) is 0 Å². The summed E-state index contributed by atoms with van der Waals surface area (Å²) >= 11 is 0. The molecule has 0 atom stereocenters. The first-order valence-electron chi connectivity index (χ1n) is 6.09. The summed E-state index contributed by atoms with van der Waals surface area (Å²) in [6.45, 7) is 2.35. The number of H-pyrrole nitrogens is 2. The number of amides is 1. The van der Waals surface area contributed by atoms with Crippen molar-refractivity contribution < 1.29 is 4.79 Å². The van der Waals surface area contributed by atoms with Gasteiger partial charge in [-0.05, 0) is 19.8 Å². The van der Waals surface area contributed by atoms with Crippen LogP contribution in [0.1, 0.15) is 28.4 Å². The van der Waals surface area contributed by atoms with Gasteiger partial charge >= 0.3 is 0 Å². The van der Waals surface area contributed by atoms with Crippen LogP contribution >= 0.6 is 0 Å². The van der Waals surface area contributed by atoms with Gasteiger partial charge in [-0.2, -0.15) is 0 Å². The standard InChI is InChI=1S/C12H13N5O2/c1-6-14-8(5-9(18)15-6)11-16-7-3-2-4-13-12(19)10(7)17-11/h5H,2-4H2,1H3,(H,13,19)(H,16,17)(H,14,15,18). The van der Waals surface area contributed by atoms with Gasteiger partial charge in [0.1, 0.15) is 17.2 Å². The average Bonchev–Trinajstić information content (AvgIpc) is 2.70. The van der Waals surface area contributed by atoms with Crippen LogP contribution in [0.25, 0.3) is 11.5 Å². The van der Waals surface area contributed by atoms with E-state index in [0.29, 0.717) is 29.6 Å². The second kappa shape index (κ2) is 4.34. The second-order valence-corrected chi connectivity index (χ2v) is 4.49. The molecule has 98 valence electrons. The van der Waals surface area contributed by atoms with E-state index in [1.54, 1.807) is 6.92 Å². The number of hydrogen-bond donors (Lipinski definition) is 3. The summed E-state index contributed by atoms with van der Waals surface area (Å²) in [5, 5.41) is 2.78. The predicted octanol–water partition coefficient (Wildman–Crippen LogP) is 0.144. The molecule has 1 amide bonds. The third-order valence-corrected chi connectivity index (χ3v) is 2.99. The smallest absolute Gasteiger partial charge is 0.271 e. The summed E-state index contributed by atoms with van der Waals surface area (Å²) < 4.78 is 0. The number of fused-ring (bicyclic) bond motifs is 1. The molecule has 7 heteroatoms. The normalized spacial score (nSPS) is 14.7. The zero-order chi connectivity index (χ0) is 13.4. The second-order valence-electron chi connectivity index (χ2n) is 4.49. The molecule has 3 rings (SSSR count). The SMILES string of the molecule is Cc1nc(-c2nc3c([nH]2)CCCNC3=O)cc(=O)[nH]1. The van der Waals surface area contributed by atoms with Gasteiger partial charge in [0, 0.05) is 18.3 Å². The summed E-state index contributed by atoms with van der Waals surface area (Å²) in [4.78, 5) is 37.4. The van der Waals surface area contributed by atoms with Gasteiger partial charge in [-0.1, -0.05) is 0 Å². The highest BCUT2D eigenvalue weighted by molar-refractivity contribution is 5.94. The van der Waals surface area contributed by atoms with Crippen LogP contribution in [0.5, 0.6) is 0 Å². The minimum absolute atomic E-state index is 0.184. The molecule has 1 aliphatic heterocycles. The first-order chi connectivity index (χ1) is 9.13. The topological polar surface area (TPSA) is 104 Å². The molecule has 0 aliphatic carbocycles. The average molecular weight is 259 g/mol. The lowest BCUT2D eigenvalue weighted by Gasteiger charge is -1.98. The lowest BCUT2D eigenvalue weighted by Crippen LogP contribution is -2.23. The molecule has 0 fully saturated rings. The summed E-state index contributed by atoms with van der Waals surface area (Å²) in [7, 11) is 0. The predicted molar refractivity (Wildman–Crippen MR) is 67.8 cm³/mol. The molecule has 0 bridgehead atoms. The number of hydrogen-bond acceptors (Lipinski definition) is 4. The first kappa shape index (κ1) is 11.6. The van der Waals surface area contributed by atoms with E-state index >= 15 is 0 Å². The number of nitrogens with zero attached hydrogens (tertiary/aromatic N) is 2. The van der Waals surface area contributed by atoms with Crippen molar-refractivity contribution in [1.82, 2.24) is 25.3 Å². The number of carbonyl (C=O) groups excluding carboxylic acids is 1. The lowest BCUT2D eigenvalue weighted by atomic mass is 10.2. The van der Waals surface area contributed by atoms with E-state index in [1.807, 2.05) is 0 Å². The van der Waals surface area contributed by atoms with Crippen molar-refractivity contribution in [1.29, 1.82) is 0 Å². The van der Waals surface area contributed by atoms with Crippen molar-refractivity contribution in [3.63, 3.8) is 0 Å². The molecule has 19 heavy (non-hydrogen) atoms. The van der Waals surface area contributed by atoms with Crippen LogP contribution in [0.4, 0.5) is 0 Å². The van der Waals surface area contributed by atoms with Crippen LogP contribution in [-0.4, -0.2) is 32.4 Å². The van der Waals surface area contributed by atoms with Gasteiger partial charge in [-0.3, -0.25) is 9.59 Å². The maximum Gasteiger partial charge on any atom is 0.271 e. The van der Waals surface area contributed by atoms with Gasteiger partial charge in [-0.15, -0.1) is 0 Å². The minimum atomic E-state index is -0.237. The Morgan fingerprint density at radius 2 is 2.05 bits per heavy atom. The zero-order valence-corrected chi connectivity index (χ0v) is 10.4. The molecule has 0 spiro atoms. The van der Waals surface area contributed by atoms with Crippen molar-refractivity contribution in [3.05, 3.63) is 33.6 Å². The molecule has 2 aromatic heterocycles. The summed E-state index contributed by atoms with van der Waals surface area (Å²) in [5.41, 5.74) is 1.40. The van der Waals surface area contributed by atoms with Gasteiger partial charge in [0.05, 0.1) is 0 Å². The number of aromatic nitrogens is 4. The van der Waals surface area contributed by atoms with E-state index < -0.39 is 0 Å².